The standard InChI is InChI=1S/C19H19N3O3/c1-13-8-9-18(25-3)16(10-13)22-19(23)14(11-20)12-21-15-6-4-5-7-17(15)24-2/h4-10,12,21H,1-3H3,(H,22,23)/b14-12-. The van der Waals surface area contributed by atoms with Crippen molar-refractivity contribution in [3.63, 3.8) is 0 Å². The fourth-order valence-corrected chi connectivity index (χ4v) is 2.17. The molecule has 2 N–H and O–H groups in total. The van der Waals surface area contributed by atoms with E-state index < -0.39 is 5.91 Å². The molecule has 2 rings (SSSR count). The van der Waals surface area contributed by atoms with Gasteiger partial charge < -0.3 is 20.1 Å². The van der Waals surface area contributed by atoms with Gasteiger partial charge in [0.2, 0.25) is 0 Å². The molecule has 0 fully saturated rings. The van der Waals surface area contributed by atoms with Crippen LogP contribution in [-0.2, 0) is 4.79 Å². The van der Waals surface area contributed by atoms with Crippen molar-refractivity contribution in [1.29, 1.82) is 5.26 Å². The van der Waals surface area contributed by atoms with E-state index in [0.29, 0.717) is 22.9 Å². The molecular weight excluding hydrogens is 318 g/mol. The molecule has 0 aliphatic heterocycles. The van der Waals surface area contributed by atoms with E-state index in [2.05, 4.69) is 10.6 Å². The van der Waals surface area contributed by atoms with E-state index in [-0.39, 0.29) is 5.57 Å². The van der Waals surface area contributed by atoms with Gasteiger partial charge in [-0.15, -0.1) is 0 Å². The molecule has 6 nitrogen and oxygen atoms in total. The van der Waals surface area contributed by atoms with Crippen molar-refractivity contribution < 1.29 is 14.3 Å². The molecule has 1 amide bonds. The molecule has 0 aliphatic rings. The van der Waals surface area contributed by atoms with Crippen LogP contribution in [0.4, 0.5) is 11.4 Å². The zero-order valence-corrected chi connectivity index (χ0v) is 14.3. The van der Waals surface area contributed by atoms with Crippen LogP contribution in [0.25, 0.3) is 0 Å². The van der Waals surface area contributed by atoms with E-state index in [0.717, 1.165) is 5.56 Å². The third-order valence-corrected chi connectivity index (χ3v) is 3.45. The number of nitrogens with one attached hydrogen (secondary N) is 2. The molecule has 0 bridgehead atoms. The van der Waals surface area contributed by atoms with Crippen LogP contribution in [0.2, 0.25) is 0 Å². The van der Waals surface area contributed by atoms with Gasteiger partial charge in [0.15, 0.2) is 0 Å². The molecule has 0 radical (unpaired) electrons. The van der Waals surface area contributed by atoms with Crippen LogP contribution in [0.3, 0.4) is 0 Å². The minimum absolute atomic E-state index is 0.0746. The molecule has 0 aliphatic carbocycles. The van der Waals surface area contributed by atoms with Gasteiger partial charge in [0.1, 0.15) is 23.1 Å². The Balaban J connectivity index is 2.19. The number of nitriles is 1. The molecule has 25 heavy (non-hydrogen) atoms. The lowest BCUT2D eigenvalue weighted by molar-refractivity contribution is -0.112. The summed E-state index contributed by atoms with van der Waals surface area (Å²) in [6, 6.07) is 14.5. The fraction of sp³-hybridized carbons (Fsp3) is 0.158. The molecular formula is C19H19N3O3. The van der Waals surface area contributed by atoms with Crippen molar-refractivity contribution in [2.75, 3.05) is 24.9 Å². The maximum atomic E-state index is 12.4. The summed E-state index contributed by atoms with van der Waals surface area (Å²) in [7, 11) is 3.07. The van der Waals surface area contributed by atoms with E-state index in [1.54, 1.807) is 31.4 Å². The van der Waals surface area contributed by atoms with Crippen molar-refractivity contribution in [2.24, 2.45) is 0 Å². The Bertz CT molecular complexity index is 838. The van der Waals surface area contributed by atoms with E-state index in [1.807, 2.05) is 31.2 Å². The van der Waals surface area contributed by atoms with Crippen LogP contribution < -0.4 is 20.1 Å². The first-order valence-electron chi connectivity index (χ1n) is 7.55. The Morgan fingerprint density at radius 1 is 1.08 bits per heavy atom. The molecule has 0 saturated heterocycles. The van der Waals surface area contributed by atoms with Crippen molar-refractivity contribution in [3.05, 3.63) is 59.8 Å². The zero-order chi connectivity index (χ0) is 18.2. The minimum atomic E-state index is -0.534. The molecule has 2 aromatic carbocycles. The number of aryl methyl sites for hydroxylation is 1. The maximum absolute atomic E-state index is 12.4. The maximum Gasteiger partial charge on any atom is 0.267 e. The van der Waals surface area contributed by atoms with Gasteiger partial charge >= 0.3 is 0 Å². The number of methoxy groups -OCH3 is 2. The average molecular weight is 337 g/mol. The Morgan fingerprint density at radius 3 is 2.44 bits per heavy atom. The van der Waals surface area contributed by atoms with Gasteiger partial charge in [0.25, 0.3) is 5.91 Å². The highest BCUT2D eigenvalue weighted by Gasteiger charge is 2.13. The highest BCUT2D eigenvalue weighted by Crippen LogP contribution is 2.26. The van der Waals surface area contributed by atoms with E-state index in [4.69, 9.17) is 9.47 Å². The largest absolute Gasteiger partial charge is 0.495 e. The first-order chi connectivity index (χ1) is 12.1. The smallest absolute Gasteiger partial charge is 0.267 e. The molecule has 128 valence electrons. The number of carbonyl (C=O) groups is 1. The minimum Gasteiger partial charge on any atom is -0.495 e. The van der Waals surface area contributed by atoms with Crippen LogP contribution in [0.1, 0.15) is 5.56 Å². The number of rotatable bonds is 6. The summed E-state index contributed by atoms with van der Waals surface area (Å²) in [5.41, 5.74) is 2.05. The van der Waals surface area contributed by atoms with E-state index in [9.17, 15) is 10.1 Å². The third-order valence-electron chi connectivity index (χ3n) is 3.45. The van der Waals surface area contributed by atoms with Gasteiger partial charge in [-0.05, 0) is 36.8 Å². The number of para-hydroxylation sites is 2. The van der Waals surface area contributed by atoms with Crippen molar-refractivity contribution in [3.8, 4) is 17.6 Å². The Labute approximate surface area is 146 Å². The zero-order valence-electron chi connectivity index (χ0n) is 14.3. The van der Waals surface area contributed by atoms with Crippen molar-refractivity contribution in [1.82, 2.24) is 0 Å². The predicted octanol–water partition coefficient (Wildman–Crippen LogP) is 3.47. The lowest BCUT2D eigenvalue weighted by atomic mass is 10.2. The van der Waals surface area contributed by atoms with Gasteiger partial charge in [-0.2, -0.15) is 5.26 Å². The Kier molecular flexibility index (Phi) is 6.02. The number of nitrogens with zero attached hydrogens (tertiary/aromatic N) is 1. The Morgan fingerprint density at radius 2 is 1.76 bits per heavy atom. The number of benzene rings is 2. The molecule has 2 aromatic rings. The van der Waals surface area contributed by atoms with Gasteiger partial charge in [-0.3, -0.25) is 4.79 Å². The highest BCUT2D eigenvalue weighted by atomic mass is 16.5. The number of ether oxygens (including phenoxy) is 2. The molecule has 0 heterocycles. The summed E-state index contributed by atoms with van der Waals surface area (Å²) in [4.78, 5) is 12.4. The van der Waals surface area contributed by atoms with E-state index >= 15 is 0 Å². The van der Waals surface area contributed by atoms with Crippen LogP contribution in [0.15, 0.2) is 54.2 Å². The van der Waals surface area contributed by atoms with Crippen LogP contribution in [-0.4, -0.2) is 20.1 Å². The summed E-state index contributed by atoms with van der Waals surface area (Å²) >= 11 is 0. The first kappa shape index (κ1) is 17.9. The number of carbonyl (C=O) groups excluding carboxylic acids is 1. The number of hydrogen-bond acceptors (Lipinski definition) is 5. The molecule has 0 atom stereocenters. The monoisotopic (exact) mass is 337 g/mol. The number of hydrogen-bond donors (Lipinski definition) is 2. The number of amides is 1. The summed E-state index contributed by atoms with van der Waals surface area (Å²) < 4.78 is 10.4. The van der Waals surface area contributed by atoms with Gasteiger partial charge in [-0.25, -0.2) is 0 Å². The second kappa shape index (κ2) is 8.41. The van der Waals surface area contributed by atoms with E-state index in [1.165, 1.54) is 13.3 Å². The summed E-state index contributed by atoms with van der Waals surface area (Å²) in [6.45, 7) is 1.90. The predicted molar refractivity (Wildman–Crippen MR) is 96.7 cm³/mol. The SMILES string of the molecule is COc1ccccc1N/C=C(/C#N)C(=O)Nc1cc(C)ccc1OC. The number of anilines is 2. The summed E-state index contributed by atoms with van der Waals surface area (Å²) in [6.07, 6.45) is 1.34. The second-order valence-electron chi connectivity index (χ2n) is 5.17. The normalized spacial score (nSPS) is 10.6. The second-order valence-corrected chi connectivity index (χ2v) is 5.17. The fourth-order valence-electron chi connectivity index (χ4n) is 2.17. The van der Waals surface area contributed by atoms with Crippen LogP contribution in [0.5, 0.6) is 11.5 Å². The Hall–Kier alpha value is -3.46. The quantitative estimate of drug-likeness (QED) is 0.623. The lowest BCUT2D eigenvalue weighted by Crippen LogP contribution is -2.15. The molecule has 0 spiro atoms. The first-order valence-corrected chi connectivity index (χ1v) is 7.55. The molecule has 0 aromatic heterocycles. The third kappa shape index (κ3) is 4.52. The molecule has 0 unspecified atom stereocenters. The topological polar surface area (TPSA) is 83.4 Å². The summed E-state index contributed by atoms with van der Waals surface area (Å²) in [5.74, 6) is 0.597. The molecule has 0 saturated carbocycles. The van der Waals surface area contributed by atoms with Crippen molar-refractivity contribution >= 4 is 17.3 Å². The van der Waals surface area contributed by atoms with Gasteiger partial charge in [-0.1, -0.05) is 18.2 Å². The van der Waals surface area contributed by atoms with Gasteiger partial charge in [0, 0.05) is 6.20 Å². The van der Waals surface area contributed by atoms with Gasteiger partial charge in [0.05, 0.1) is 25.6 Å². The highest BCUT2D eigenvalue weighted by molar-refractivity contribution is 6.07. The average Bonchev–Trinajstić information content (AvgIpc) is 2.62. The van der Waals surface area contributed by atoms with Crippen LogP contribution in [0, 0.1) is 18.3 Å². The van der Waals surface area contributed by atoms with Crippen LogP contribution >= 0.6 is 0 Å². The van der Waals surface area contributed by atoms with Crippen molar-refractivity contribution in [2.45, 2.75) is 6.92 Å². The lowest BCUT2D eigenvalue weighted by Gasteiger charge is -2.11. The summed E-state index contributed by atoms with van der Waals surface area (Å²) in [5, 5.41) is 14.9. The molecule has 6 heteroatoms.